The zero-order chi connectivity index (χ0) is 19.2. The maximum Gasteiger partial charge on any atom is 0.307 e. The summed E-state index contributed by atoms with van der Waals surface area (Å²) in [6, 6.07) is 6.69. The largest absolute Gasteiger partial charge is 0.469 e. The van der Waals surface area contributed by atoms with Gasteiger partial charge in [0.25, 0.3) is 0 Å². The number of methoxy groups -OCH3 is 1. The molecule has 26 heavy (non-hydrogen) atoms. The molecule has 2 rings (SSSR count). The molecule has 1 aliphatic rings. The Morgan fingerprint density at radius 2 is 2.00 bits per heavy atom. The van der Waals surface area contributed by atoms with E-state index in [1.54, 1.807) is 12.1 Å². The van der Waals surface area contributed by atoms with Crippen molar-refractivity contribution < 1.29 is 22.7 Å². The van der Waals surface area contributed by atoms with E-state index < -0.39 is 21.8 Å². The quantitative estimate of drug-likeness (QED) is 0.621. The molecule has 1 unspecified atom stereocenters. The fourth-order valence-corrected chi connectivity index (χ4v) is 5.41. The smallest absolute Gasteiger partial charge is 0.307 e. The Hall–Kier alpha value is -1.41. The molecule has 0 heterocycles. The molecule has 0 spiro atoms. The summed E-state index contributed by atoms with van der Waals surface area (Å²) < 4.78 is 30.1. The van der Waals surface area contributed by atoms with E-state index in [2.05, 4.69) is 21.2 Å². The van der Waals surface area contributed by atoms with Crippen LogP contribution in [-0.2, 0) is 24.2 Å². The summed E-state index contributed by atoms with van der Waals surface area (Å²) in [5.41, 5.74) is 0.747. The second-order valence-electron chi connectivity index (χ2n) is 6.48. The van der Waals surface area contributed by atoms with Gasteiger partial charge in [-0.15, -0.1) is 0 Å². The second-order valence-corrected chi connectivity index (χ2v) is 9.80. The minimum absolute atomic E-state index is 0.0198. The lowest BCUT2D eigenvalue weighted by Crippen LogP contribution is -2.32. The number of benzene rings is 1. The summed E-state index contributed by atoms with van der Waals surface area (Å²) in [4.78, 5) is 24.0. The van der Waals surface area contributed by atoms with E-state index in [0.717, 1.165) is 22.9 Å². The molecule has 144 valence electrons. The molecule has 0 saturated heterocycles. The van der Waals surface area contributed by atoms with E-state index in [0.29, 0.717) is 12.8 Å². The fourth-order valence-electron chi connectivity index (χ4n) is 3.14. The summed E-state index contributed by atoms with van der Waals surface area (Å²) in [6.45, 7) is 0. The zero-order valence-corrected chi connectivity index (χ0v) is 17.1. The Morgan fingerprint density at radius 1 is 1.31 bits per heavy atom. The maximum atomic E-state index is 12.3. The lowest BCUT2D eigenvalue weighted by atomic mass is 10.0. The van der Waals surface area contributed by atoms with Gasteiger partial charge in [0.05, 0.1) is 30.6 Å². The summed E-state index contributed by atoms with van der Waals surface area (Å²) in [6.07, 6.45) is 3.11. The van der Waals surface area contributed by atoms with Crippen molar-refractivity contribution in [2.24, 2.45) is 0 Å². The number of esters is 1. The van der Waals surface area contributed by atoms with Gasteiger partial charge in [-0.2, -0.15) is 0 Å². The molecule has 1 aromatic rings. The van der Waals surface area contributed by atoms with Gasteiger partial charge in [-0.05, 0) is 30.5 Å². The van der Waals surface area contributed by atoms with Crippen molar-refractivity contribution in [1.29, 1.82) is 0 Å². The van der Waals surface area contributed by atoms with Gasteiger partial charge in [0.15, 0.2) is 9.84 Å². The number of ether oxygens (including phenoxy) is 1. The van der Waals surface area contributed by atoms with Crippen molar-refractivity contribution in [1.82, 2.24) is 5.32 Å². The minimum atomic E-state index is -3.25. The van der Waals surface area contributed by atoms with Gasteiger partial charge in [0.1, 0.15) is 0 Å². The molecule has 0 radical (unpaired) electrons. The van der Waals surface area contributed by atoms with Crippen LogP contribution >= 0.6 is 15.9 Å². The first-order valence-corrected chi connectivity index (χ1v) is 11.2. The minimum Gasteiger partial charge on any atom is -0.469 e. The molecule has 0 aromatic heterocycles. The Labute approximate surface area is 162 Å². The first-order chi connectivity index (χ1) is 12.3. The average Bonchev–Trinajstić information content (AvgIpc) is 3.15. The zero-order valence-electron chi connectivity index (χ0n) is 14.7. The van der Waals surface area contributed by atoms with Gasteiger partial charge in [-0.25, -0.2) is 8.42 Å². The highest BCUT2D eigenvalue weighted by atomic mass is 79.9. The van der Waals surface area contributed by atoms with Gasteiger partial charge >= 0.3 is 5.97 Å². The van der Waals surface area contributed by atoms with E-state index in [-0.39, 0.29) is 29.8 Å². The van der Waals surface area contributed by atoms with Crippen LogP contribution in [0.3, 0.4) is 0 Å². The van der Waals surface area contributed by atoms with Gasteiger partial charge in [0, 0.05) is 10.9 Å². The predicted octanol–water partition coefficient (Wildman–Crippen LogP) is 2.92. The fraction of sp³-hybridized carbons (Fsp3) is 0.556. The number of carbonyl (C=O) groups is 2. The molecule has 1 aliphatic carbocycles. The number of rotatable bonds is 8. The Balaban J connectivity index is 2.00. The number of hydrogen-bond acceptors (Lipinski definition) is 5. The highest BCUT2D eigenvalue weighted by Crippen LogP contribution is 2.26. The van der Waals surface area contributed by atoms with Crippen LogP contribution in [0.15, 0.2) is 28.7 Å². The standard InChI is InChI=1S/C18H24BrNO5S/c1-25-18(22)12-16(13-5-4-6-14(19)11-13)20-17(21)9-10-26(23,24)15-7-2-3-8-15/h4-6,11,15-16H,2-3,7-10,12H2,1H3,(H,20,21). The molecule has 1 saturated carbocycles. The molecule has 1 N–H and O–H groups in total. The average molecular weight is 446 g/mol. The maximum absolute atomic E-state index is 12.3. The monoisotopic (exact) mass is 445 g/mol. The van der Waals surface area contributed by atoms with Crippen LogP contribution in [0, 0.1) is 0 Å². The third-order valence-corrected chi connectivity index (χ3v) is 7.36. The summed E-state index contributed by atoms with van der Waals surface area (Å²) in [5, 5.41) is 2.45. The lowest BCUT2D eigenvalue weighted by Gasteiger charge is -2.19. The number of nitrogens with one attached hydrogen (secondary N) is 1. The predicted molar refractivity (Wildman–Crippen MR) is 102 cm³/mol. The van der Waals surface area contributed by atoms with E-state index in [9.17, 15) is 18.0 Å². The molecular weight excluding hydrogens is 422 g/mol. The lowest BCUT2D eigenvalue weighted by molar-refractivity contribution is -0.141. The Bertz CT molecular complexity index is 744. The Morgan fingerprint density at radius 3 is 2.62 bits per heavy atom. The van der Waals surface area contributed by atoms with E-state index in [4.69, 9.17) is 4.74 Å². The van der Waals surface area contributed by atoms with Gasteiger partial charge in [-0.3, -0.25) is 9.59 Å². The van der Waals surface area contributed by atoms with Gasteiger partial charge in [0.2, 0.25) is 5.91 Å². The first-order valence-electron chi connectivity index (χ1n) is 8.65. The number of hydrogen-bond donors (Lipinski definition) is 1. The van der Waals surface area contributed by atoms with Crippen molar-refractivity contribution in [3.8, 4) is 0 Å². The number of sulfone groups is 1. The first kappa shape index (κ1) is 20.9. The molecule has 0 bridgehead atoms. The highest BCUT2D eigenvalue weighted by molar-refractivity contribution is 9.10. The van der Waals surface area contributed by atoms with Crippen LogP contribution in [-0.4, -0.2) is 38.4 Å². The highest BCUT2D eigenvalue weighted by Gasteiger charge is 2.29. The van der Waals surface area contributed by atoms with Crippen LogP contribution in [0.4, 0.5) is 0 Å². The third-order valence-electron chi connectivity index (χ3n) is 4.61. The molecule has 0 aliphatic heterocycles. The van der Waals surface area contributed by atoms with Crippen LogP contribution in [0.2, 0.25) is 0 Å². The summed E-state index contributed by atoms with van der Waals surface area (Å²) >= 11 is 3.37. The van der Waals surface area contributed by atoms with Crippen LogP contribution in [0.25, 0.3) is 0 Å². The summed E-state index contributed by atoms with van der Waals surface area (Å²) in [7, 11) is -1.96. The molecule has 6 nitrogen and oxygen atoms in total. The molecule has 1 aromatic carbocycles. The molecular formula is C18H24BrNO5S. The third kappa shape index (κ3) is 6.09. The van der Waals surface area contributed by atoms with Crippen molar-refractivity contribution >= 4 is 37.6 Å². The van der Waals surface area contributed by atoms with Crippen molar-refractivity contribution in [3.05, 3.63) is 34.3 Å². The van der Waals surface area contributed by atoms with Crippen LogP contribution in [0.5, 0.6) is 0 Å². The SMILES string of the molecule is COC(=O)CC(NC(=O)CCS(=O)(=O)C1CCCC1)c1cccc(Br)c1. The van der Waals surface area contributed by atoms with Crippen LogP contribution < -0.4 is 5.32 Å². The molecule has 1 fully saturated rings. The van der Waals surface area contributed by atoms with Crippen molar-refractivity contribution in [2.45, 2.75) is 49.8 Å². The number of carbonyl (C=O) groups excluding carboxylic acids is 2. The second kappa shape index (κ2) is 9.50. The normalized spacial score (nSPS) is 16.2. The Kier molecular flexibility index (Phi) is 7.64. The van der Waals surface area contributed by atoms with E-state index in [1.165, 1.54) is 7.11 Å². The van der Waals surface area contributed by atoms with Crippen LogP contribution in [0.1, 0.15) is 50.1 Å². The number of halogens is 1. The molecule has 8 heteroatoms. The van der Waals surface area contributed by atoms with E-state index >= 15 is 0 Å². The van der Waals surface area contributed by atoms with Gasteiger partial charge < -0.3 is 10.1 Å². The van der Waals surface area contributed by atoms with E-state index in [1.807, 2.05) is 12.1 Å². The number of amides is 1. The van der Waals surface area contributed by atoms with Gasteiger partial charge in [-0.1, -0.05) is 40.9 Å². The summed E-state index contributed by atoms with van der Waals surface area (Å²) in [5.74, 6) is -0.998. The topological polar surface area (TPSA) is 89.5 Å². The van der Waals surface area contributed by atoms with Crippen molar-refractivity contribution in [2.75, 3.05) is 12.9 Å². The molecule has 1 atom stereocenters. The molecule has 1 amide bonds. The van der Waals surface area contributed by atoms with Crippen molar-refractivity contribution in [3.63, 3.8) is 0 Å².